The molecule has 33 heavy (non-hydrogen) atoms. The second-order valence-electron chi connectivity index (χ2n) is 8.04. The fourth-order valence-electron chi connectivity index (χ4n) is 3.66. The minimum absolute atomic E-state index is 0.128. The van der Waals surface area contributed by atoms with Crippen LogP contribution in [-0.2, 0) is 6.54 Å². The van der Waals surface area contributed by atoms with Crippen LogP contribution in [0.25, 0.3) is 27.4 Å². The van der Waals surface area contributed by atoms with E-state index >= 15 is 0 Å². The van der Waals surface area contributed by atoms with Crippen molar-refractivity contribution < 1.29 is 4.79 Å². The standard InChI is InChI=1S/C24H23N7OS/c1-15(2)31-23-19(14-28-31)18(12-20(29-23)21-6-5-16(3)33-21)24(32)26-13-17-7-9-25-22(11-17)30-10-4-8-27-30/h4-12,14-15H,13H2,1-3H3,(H,26,32). The Balaban J connectivity index is 1.47. The molecule has 0 saturated heterocycles. The van der Waals surface area contributed by atoms with Gasteiger partial charge in [-0.05, 0) is 62.7 Å². The highest BCUT2D eigenvalue weighted by Gasteiger charge is 2.19. The first kappa shape index (κ1) is 21.0. The number of hydrogen-bond acceptors (Lipinski definition) is 6. The molecule has 8 nitrogen and oxygen atoms in total. The highest BCUT2D eigenvalue weighted by atomic mass is 32.1. The number of nitrogens with one attached hydrogen (secondary N) is 1. The SMILES string of the molecule is Cc1ccc(-c2cc(C(=O)NCc3ccnc(-n4cccn4)c3)c3cnn(C(C)C)c3n2)s1. The van der Waals surface area contributed by atoms with Crippen LogP contribution in [0.5, 0.6) is 0 Å². The van der Waals surface area contributed by atoms with E-state index in [9.17, 15) is 4.79 Å². The maximum absolute atomic E-state index is 13.3. The van der Waals surface area contributed by atoms with Gasteiger partial charge >= 0.3 is 0 Å². The van der Waals surface area contributed by atoms with Gasteiger partial charge in [0.2, 0.25) is 0 Å². The lowest BCUT2D eigenvalue weighted by Gasteiger charge is -2.11. The molecule has 0 saturated carbocycles. The van der Waals surface area contributed by atoms with Crippen molar-refractivity contribution in [2.45, 2.75) is 33.4 Å². The highest BCUT2D eigenvalue weighted by molar-refractivity contribution is 7.15. The van der Waals surface area contributed by atoms with Crippen LogP contribution in [0.1, 0.15) is 40.7 Å². The number of rotatable bonds is 6. The van der Waals surface area contributed by atoms with E-state index < -0.39 is 0 Å². The molecule has 0 fully saturated rings. The zero-order valence-corrected chi connectivity index (χ0v) is 19.4. The average molecular weight is 458 g/mol. The number of amides is 1. The van der Waals surface area contributed by atoms with Crippen molar-refractivity contribution in [1.82, 2.24) is 34.8 Å². The van der Waals surface area contributed by atoms with E-state index in [1.54, 1.807) is 34.6 Å². The number of pyridine rings is 2. The van der Waals surface area contributed by atoms with Gasteiger partial charge in [-0.1, -0.05) is 0 Å². The van der Waals surface area contributed by atoms with Crippen molar-refractivity contribution in [2.24, 2.45) is 0 Å². The van der Waals surface area contributed by atoms with Gasteiger partial charge in [0.25, 0.3) is 5.91 Å². The number of aryl methyl sites for hydroxylation is 1. The predicted molar refractivity (Wildman–Crippen MR) is 128 cm³/mol. The Bertz CT molecular complexity index is 1430. The van der Waals surface area contributed by atoms with Crippen molar-refractivity contribution in [3.63, 3.8) is 0 Å². The summed E-state index contributed by atoms with van der Waals surface area (Å²) in [4.78, 5) is 24.7. The molecule has 0 atom stereocenters. The number of carbonyl (C=O) groups is 1. The van der Waals surface area contributed by atoms with Gasteiger partial charge in [0.15, 0.2) is 11.5 Å². The Morgan fingerprint density at radius 2 is 2.03 bits per heavy atom. The van der Waals surface area contributed by atoms with Crippen LogP contribution in [0.15, 0.2) is 61.2 Å². The van der Waals surface area contributed by atoms with E-state index in [2.05, 4.69) is 47.3 Å². The fourth-order valence-corrected chi connectivity index (χ4v) is 4.49. The smallest absolute Gasteiger partial charge is 0.252 e. The number of thiophene rings is 1. The molecular formula is C24H23N7OS. The Hall–Kier alpha value is -3.85. The van der Waals surface area contributed by atoms with E-state index in [-0.39, 0.29) is 11.9 Å². The lowest BCUT2D eigenvalue weighted by atomic mass is 10.1. The summed E-state index contributed by atoms with van der Waals surface area (Å²) in [5.74, 6) is 0.532. The second-order valence-corrected chi connectivity index (χ2v) is 9.33. The summed E-state index contributed by atoms with van der Waals surface area (Å²) in [6.45, 7) is 6.53. The number of aromatic nitrogens is 6. The van der Waals surface area contributed by atoms with Gasteiger partial charge in [0.05, 0.1) is 27.7 Å². The van der Waals surface area contributed by atoms with Crippen LogP contribution in [0.4, 0.5) is 0 Å². The molecule has 0 aromatic carbocycles. The van der Waals surface area contributed by atoms with Crippen molar-refractivity contribution in [1.29, 1.82) is 0 Å². The van der Waals surface area contributed by atoms with E-state index in [4.69, 9.17) is 4.98 Å². The predicted octanol–water partition coefficient (Wildman–Crippen LogP) is 4.56. The van der Waals surface area contributed by atoms with Crippen LogP contribution in [-0.4, -0.2) is 35.4 Å². The fraction of sp³-hybridized carbons (Fsp3) is 0.208. The first-order chi connectivity index (χ1) is 16.0. The lowest BCUT2D eigenvalue weighted by Crippen LogP contribution is -2.23. The number of hydrogen-bond donors (Lipinski definition) is 1. The molecule has 0 aliphatic heterocycles. The first-order valence-electron chi connectivity index (χ1n) is 10.7. The molecule has 0 radical (unpaired) electrons. The van der Waals surface area contributed by atoms with Crippen molar-refractivity contribution in [3.8, 4) is 16.4 Å². The van der Waals surface area contributed by atoms with Crippen LogP contribution in [0.2, 0.25) is 0 Å². The third-order valence-corrected chi connectivity index (χ3v) is 6.32. The number of fused-ring (bicyclic) bond motifs is 1. The summed E-state index contributed by atoms with van der Waals surface area (Å²) in [5.41, 5.74) is 2.98. The van der Waals surface area contributed by atoms with E-state index in [1.807, 2.05) is 41.2 Å². The lowest BCUT2D eigenvalue weighted by molar-refractivity contribution is 0.0952. The largest absolute Gasteiger partial charge is 0.348 e. The summed E-state index contributed by atoms with van der Waals surface area (Å²) in [5, 5.41) is 12.5. The maximum atomic E-state index is 13.3. The maximum Gasteiger partial charge on any atom is 0.252 e. The summed E-state index contributed by atoms with van der Waals surface area (Å²) >= 11 is 1.66. The second kappa shape index (κ2) is 8.59. The van der Waals surface area contributed by atoms with Crippen molar-refractivity contribution in [2.75, 3.05) is 0 Å². The topological polar surface area (TPSA) is 90.5 Å². The molecule has 1 amide bonds. The third-order valence-electron chi connectivity index (χ3n) is 5.30. The zero-order chi connectivity index (χ0) is 22.9. The molecule has 5 heterocycles. The summed E-state index contributed by atoms with van der Waals surface area (Å²) in [7, 11) is 0. The van der Waals surface area contributed by atoms with Crippen LogP contribution in [0.3, 0.4) is 0 Å². The Labute approximate surface area is 194 Å². The minimum atomic E-state index is -0.169. The molecule has 0 bridgehead atoms. The van der Waals surface area contributed by atoms with Crippen LogP contribution >= 0.6 is 11.3 Å². The van der Waals surface area contributed by atoms with Gasteiger partial charge in [-0.25, -0.2) is 19.3 Å². The van der Waals surface area contributed by atoms with Gasteiger partial charge in [-0.3, -0.25) is 4.79 Å². The van der Waals surface area contributed by atoms with Gasteiger partial charge in [0.1, 0.15) is 0 Å². The third kappa shape index (κ3) is 4.14. The number of carbonyl (C=O) groups excluding carboxylic acids is 1. The Morgan fingerprint density at radius 1 is 1.15 bits per heavy atom. The quantitative estimate of drug-likeness (QED) is 0.404. The zero-order valence-electron chi connectivity index (χ0n) is 18.6. The van der Waals surface area contributed by atoms with Crippen LogP contribution < -0.4 is 5.32 Å². The molecule has 1 N–H and O–H groups in total. The molecular weight excluding hydrogens is 434 g/mol. The molecule has 166 valence electrons. The summed E-state index contributed by atoms with van der Waals surface area (Å²) in [6.07, 6.45) is 6.98. The van der Waals surface area contributed by atoms with Crippen molar-refractivity contribution in [3.05, 3.63) is 77.2 Å². The van der Waals surface area contributed by atoms with E-state index in [1.165, 1.54) is 4.88 Å². The van der Waals surface area contributed by atoms with E-state index in [0.717, 1.165) is 21.5 Å². The normalized spacial score (nSPS) is 11.4. The van der Waals surface area contributed by atoms with E-state index in [0.29, 0.717) is 23.6 Å². The molecule has 0 unspecified atom stereocenters. The molecule has 0 aliphatic rings. The minimum Gasteiger partial charge on any atom is -0.348 e. The van der Waals surface area contributed by atoms with Crippen molar-refractivity contribution >= 4 is 28.3 Å². The summed E-state index contributed by atoms with van der Waals surface area (Å²) in [6, 6.07) is 11.7. The first-order valence-corrected chi connectivity index (χ1v) is 11.5. The van der Waals surface area contributed by atoms with Crippen LogP contribution in [0, 0.1) is 6.92 Å². The molecule has 5 aromatic rings. The molecule has 5 rings (SSSR count). The monoisotopic (exact) mass is 457 g/mol. The van der Waals surface area contributed by atoms with Gasteiger partial charge in [-0.15, -0.1) is 11.3 Å². The molecule has 9 heteroatoms. The molecule has 5 aromatic heterocycles. The van der Waals surface area contributed by atoms with Gasteiger partial charge < -0.3 is 5.32 Å². The highest BCUT2D eigenvalue weighted by Crippen LogP contribution is 2.30. The number of nitrogens with zero attached hydrogens (tertiary/aromatic N) is 6. The van der Waals surface area contributed by atoms with Gasteiger partial charge in [-0.2, -0.15) is 10.2 Å². The Kier molecular flexibility index (Phi) is 5.47. The average Bonchev–Trinajstić information content (AvgIpc) is 3.57. The molecule has 0 spiro atoms. The summed E-state index contributed by atoms with van der Waals surface area (Å²) < 4.78 is 3.54. The van der Waals surface area contributed by atoms with Gasteiger partial charge in [0, 0.05) is 36.1 Å². The Morgan fingerprint density at radius 3 is 2.76 bits per heavy atom. The molecule has 0 aliphatic carbocycles.